The normalized spacial score (nSPS) is 13.0. The number of benzene rings is 2. The molecule has 2 rings (SSSR count). The fraction of sp³-hybridized carbons (Fsp3) is 0.417. The zero-order valence-corrected chi connectivity index (χ0v) is 16.4. The summed E-state index contributed by atoms with van der Waals surface area (Å²) in [6.07, 6.45) is 7.94. The second-order valence-electron chi connectivity index (χ2n) is 7.42. The van der Waals surface area contributed by atoms with Gasteiger partial charge in [-0.3, -0.25) is 4.90 Å². The largest absolute Gasteiger partial charge is 0.329 e. The summed E-state index contributed by atoms with van der Waals surface area (Å²) in [6.45, 7) is 7.33. The molecular formula is C24H34N2. The van der Waals surface area contributed by atoms with Gasteiger partial charge in [0.25, 0.3) is 0 Å². The molecule has 0 saturated heterocycles. The minimum atomic E-state index is 0.450. The summed E-state index contributed by atoms with van der Waals surface area (Å²) in [5.41, 5.74) is 8.79. The van der Waals surface area contributed by atoms with Crippen molar-refractivity contribution in [2.24, 2.45) is 11.7 Å². The molecule has 26 heavy (non-hydrogen) atoms. The Hall–Kier alpha value is -1.90. The van der Waals surface area contributed by atoms with Crippen LogP contribution in [0.4, 0.5) is 0 Å². The highest BCUT2D eigenvalue weighted by Crippen LogP contribution is 2.13. The zero-order valence-electron chi connectivity index (χ0n) is 16.4. The van der Waals surface area contributed by atoms with Crippen LogP contribution >= 0.6 is 0 Å². The van der Waals surface area contributed by atoms with E-state index < -0.39 is 0 Å². The van der Waals surface area contributed by atoms with Crippen LogP contribution in [-0.2, 0) is 6.42 Å². The van der Waals surface area contributed by atoms with Crippen molar-refractivity contribution in [1.29, 1.82) is 0 Å². The second-order valence-corrected chi connectivity index (χ2v) is 7.42. The SMILES string of the molecule is CC(C)CC(CN)N(C/C=C/c1ccccc1)CCCc1ccccc1. The quantitative estimate of drug-likeness (QED) is 0.617. The van der Waals surface area contributed by atoms with E-state index in [1.54, 1.807) is 0 Å². The van der Waals surface area contributed by atoms with E-state index in [0.717, 1.165) is 38.9 Å². The Labute approximate surface area is 159 Å². The van der Waals surface area contributed by atoms with Crippen LogP contribution in [0.3, 0.4) is 0 Å². The summed E-state index contributed by atoms with van der Waals surface area (Å²) in [4.78, 5) is 2.56. The van der Waals surface area contributed by atoms with Crippen LogP contribution in [0.1, 0.15) is 37.8 Å². The molecule has 2 N–H and O–H groups in total. The summed E-state index contributed by atoms with van der Waals surface area (Å²) in [7, 11) is 0. The third kappa shape index (κ3) is 7.55. The maximum Gasteiger partial charge on any atom is 0.0224 e. The van der Waals surface area contributed by atoms with Gasteiger partial charge < -0.3 is 5.73 Å². The summed E-state index contributed by atoms with van der Waals surface area (Å²) in [5.74, 6) is 0.665. The van der Waals surface area contributed by atoms with Gasteiger partial charge in [-0.15, -0.1) is 0 Å². The number of nitrogens with zero attached hydrogens (tertiary/aromatic N) is 1. The van der Waals surface area contributed by atoms with E-state index in [4.69, 9.17) is 5.73 Å². The Morgan fingerprint density at radius 1 is 0.962 bits per heavy atom. The number of rotatable bonds is 11. The second kappa shape index (κ2) is 11.7. The molecule has 140 valence electrons. The number of nitrogens with two attached hydrogens (primary N) is 1. The highest BCUT2D eigenvalue weighted by Gasteiger charge is 2.17. The zero-order chi connectivity index (χ0) is 18.6. The lowest BCUT2D eigenvalue weighted by atomic mass is 10.0. The van der Waals surface area contributed by atoms with Crippen molar-refractivity contribution in [3.8, 4) is 0 Å². The van der Waals surface area contributed by atoms with Gasteiger partial charge in [0.1, 0.15) is 0 Å². The molecule has 2 nitrogen and oxygen atoms in total. The number of aryl methyl sites for hydroxylation is 1. The van der Waals surface area contributed by atoms with E-state index in [1.165, 1.54) is 11.1 Å². The Kier molecular flexibility index (Phi) is 9.16. The van der Waals surface area contributed by atoms with Crippen LogP contribution in [0.15, 0.2) is 66.7 Å². The average Bonchev–Trinajstić information content (AvgIpc) is 2.66. The van der Waals surface area contributed by atoms with E-state index in [-0.39, 0.29) is 0 Å². The minimum Gasteiger partial charge on any atom is -0.329 e. The topological polar surface area (TPSA) is 29.3 Å². The predicted octanol–water partition coefficient (Wildman–Crippen LogP) is 5.01. The van der Waals surface area contributed by atoms with Crippen LogP contribution in [-0.4, -0.2) is 30.6 Å². The average molecular weight is 351 g/mol. The monoisotopic (exact) mass is 350 g/mol. The minimum absolute atomic E-state index is 0.450. The summed E-state index contributed by atoms with van der Waals surface area (Å²) >= 11 is 0. The maximum absolute atomic E-state index is 6.12. The molecule has 0 aromatic heterocycles. The molecule has 0 saturated carbocycles. The highest BCUT2D eigenvalue weighted by molar-refractivity contribution is 5.48. The van der Waals surface area contributed by atoms with Crippen LogP contribution in [0, 0.1) is 5.92 Å². The summed E-state index contributed by atoms with van der Waals surface area (Å²) in [6, 6.07) is 21.7. The smallest absolute Gasteiger partial charge is 0.0224 e. The number of hydrogen-bond donors (Lipinski definition) is 1. The van der Waals surface area contributed by atoms with Crippen molar-refractivity contribution in [1.82, 2.24) is 4.90 Å². The molecule has 0 bridgehead atoms. The molecule has 0 aliphatic rings. The van der Waals surface area contributed by atoms with E-state index in [1.807, 2.05) is 0 Å². The maximum atomic E-state index is 6.12. The lowest BCUT2D eigenvalue weighted by molar-refractivity contribution is 0.194. The molecule has 0 amide bonds. The Morgan fingerprint density at radius 3 is 2.23 bits per heavy atom. The predicted molar refractivity (Wildman–Crippen MR) is 114 cm³/mol. The lowest BCUT2D eigenvalue weighted by Crippen LogP contribution is -2.42. The third-order valence-corrected chi connectivity index (χ3v) is 4.74. The van der Waals surface area contributed by atoms with Gasteiger partial charge in [-0.05, 0) is 42.9 Å². The van der Waals surface area contributed by atoms with Gasteiger partial charge in [-0.1, -0.05) is 86.7 Å². The summed E-state index contributed by atoms with van der Waals surface area (Å²) in [5, 5.41) is 0. The lowest BCUT2D eigenvalue weighted by Gasteiger charge is -2.31. The van der Waals surface area contributed by atoms with E-state index in [0.29, 0.717) is 12.0 Å². The van der Waals surface area contributed by atoms with Crippen LogP contribution < -0.4 is 5.73 Å². The van der Waals surface area contributed by atoms with Crippen molar-refractivity contribution >= 4 is 6.08 Å². The van der Waals surface area contributed by atoms with E-state index >= 15 is 0 Å². The Balaban J connectivity index is 1.94. The molecule has 1 unspecified atom stereocenters. The van der Waals surface area contributed by atoms with Gasteiger partial charge in [0.2, 0.25) is 0 Å². The van der Waals surface area contributed by atoms with E-state index in [9.17, 15) is 0 Å². The molecule has 0 radical (unpaired) electrons. The fourth-order valence-corrected chi connectivity index (χ4v) is 3.38. The van der Waals surface area contributed by atoms with Gasteiger partial charge in [-0.2, -0.15) is 0 Å². The van der Waals surface area contributed by atoms with Crippen molar-refractivity contribution in [3.05, 3.63) is 77.9 Å². The third-order valence-electron chi connectivity index (χ3n) is 4.74. The first-order chi connectivity index (χ1) is 12.7. The molecule has 1 atom stereocenters. The molecule has 2 heteroatoms. The van der Waals surface area contributed by atoms with Crippen molar-refractivity contribution in [3.63, 3.8) is 0 Å². The molecule has 0 aliphatic heterocycles. The fourth-order valence-electron chi connectivity index (χ4n) is 3.38. The molecule has 0 spiro atoms. The number of hydrogen-bond acceptors (Lipinski definition) is 2. The molecule has 2 aromatic carbocycles. The highest BCUT2D eigenvalue weighted by atomic mass is 15.2. The van der Waals surface area contributed by atoms with Gasteiger partial charge in [0.05, 0.1) is 0 Å². The first-order valence-electron chi connectivity index (χ1n) is 9.88. The molecule has 2 aromatic rings. The first-order valence-corrected chi connectivity index (χ1v) is 9.88. The van der Waals surface area contributed by atoms with Gasteiger partial charge >= 0.3 is 0 Å². The van der Waals surface area contributed by atoms with Crippen molar-refractivity contribution in [2.45, 2.75) is 39.2 Å². The van der Waals surface area contributed by atoms with Gasteiger partial charge in [-0.25, -0.2) is 0 Å². The van der Waals surface area contributed by atoms with Gasteiger partial charge in [0.15, 0.2) is 0 Å². The molecular weight excluding hydrogens is 316 g/mol. The van der Waals surface area contributed by atoms with Crippen LogP contribution in [0.5, 0.6) is 0 Å². The van der Waals surface area contributed by atoms with Crippen LogP contribution in [0.25, 0.3) is 6.08 Å². The Morgan fingerprint density at radius 2 is 1.62 bits per heavy atom. The van der Waals surface area contributed by atoms with Crippen molar-refractivity contribution in [2.75, 3.05) is 19.6 Å². The summed E-state index contributed by atoms with van der Waals surface area (Å²) < 4.78 is 0. The molecule has 0 aliphatic carbocycles. The van der Waals surface area contributed by atoms with Crippen LogP contribution in [0.2, 0.25) is 0 Å². The molecule has 0 heterocycles. The molecule has 0 fully saturated rings. The first kappa shape index (κ1) is 20.4. The van der Waals surface area contributed by atoms with Gasteiger partial charge in [0, 0.05) is 19.1 Å². The standard InChI is InChI=1S/C24H34N2/c1-21(2)19-24(20-25)26(17-9-15-22-11-5-3-6-12-22)18-10-16-23-13-7-4-8-14-23/h3-9,11-15,21,24H,10,16-20,25H2,1-2H3/b15-9+. The van der Waals surface area contributed by atoms with Crippen molar-refractivity contribution < 1.29 is 0 Å². The van der Waals surface area contributed by atoms with E-state index in [2.05, 4.69) is 91.6 Å². The Bertz CT molecular complexity index is 619.